The quantitative estimate of drug-likeness (QED) is 0.753. The number of hydrogen-bond donors (Lipinski definition) is 1. The summed E-state index contributed by atoms with van der Waals surface area (Å²) in [5.41, 5.74) is 1.77. The van der Waals surface area contributed by atoms with Crippen LogP contribution in [0.5, 0.6) is 5.75 Å². The fraction of sp³-hybridized carbons (Fsp3) is 0.176. The molecule has 0 saturated heterocycles. The van der Waals surface area contributed by atoms with Crippen molar-refractivity contribution >= 4 is 17.2 Å². The number of rotatable bonds is 6. The Morgan fingerprint density at radius 3 is 3.04 bits per heavy atom. The molecule has 3 aromatic rings. The number of aromatic nitrogens is 1. The van der Waals surface area contributed by atoms with E-state index in [4.69, 9.17) is 9.15 Å². The Morgan fingerprint density at radius 1 is 1.35 bits per heavy atom. The van der Waals surface area contributed by atoms with Crippen molar-refractivity contribution < 1.29 is 13.9 Å². The molecule has 0 atom stereocenters. The Morgan fingerprint density at radius 2 is 2.26 bits per heavy atom. The first-order valence-electron chi connectivity index (χ1n) is 7.15. The van der Waals surface area contributed by atoms with Gasteiger partial charge in [0.05, 0.1) is 17.1 Å². The molecule has 0 radical (unpaired) electrons. The number of thiophene rings is 1. The summed E-state index contributed by atoms with van der Waals surface area (Å²) in [6, 6.07) is 11.5. The van der Waals surface area contributed by atoms with Crippen LogP contribution in [0.3, 0.4) is 0 Å². The lowest BCUT2D eigenvalue weighted by atomic mass is 10.2. The fourth-order valence-corrected chi connectivity index (χ4v) is 2.65. The standard InChI is InChI=1S/C17H16N2O3S/c1-12-4-2-5-14(8-12)21-11-16(20)18-9-13-10-22-17(19-13)15-6-3-7-23-15/h2-8,10H,9,11H2,1H3,(H,18,20). The molecule has 2 heterocycles. The van der Waals surface area contributed by atoms with Crippen LogP contribution in [0.25, 0.3) is 10.8 Å². The number of aryl methyl sites for hydroxylation is 1. The van der Waals surface area contributed by atoms with Crippen LogP contribution in [-0.2, 0) is 11.3 Å². The van der Waals surface area contributed by atoms with E-state index < -0.39 is 0 Å². The number of benzene rings is 1. The van der Waals surface area contributed by atoms with Crippen molar-refractivity contribution in [2.75, 3.05) is 6.61 Å². The van der Waals surface area contributed by atoms with Gasteiger partial charge in [0.1, 0.15) is 12.0 Å². The minimum Gasteiger partial charge on any atom is -0.484 e. The molecule has 5 nitrogen and oxygen atoms in total. The number of hydrogen-bond acceptors (Lipinski definition) is 5. The minimum atomic E-state index is -0.202. The molecule has 3 rings (SSSR count). The second kappa shape index (κ2) is 7.11. The molecule has 118 valence electrons. The number of carbonyl (C=O) groups excluding carboxylic acids is 1. The van der Waals surface area contributed by atoms with Crippen molar-refractivity contribution in [2.24, 2.45) is 0 Å². The molecule has 0 unspecified atom stereocenters. The highest BCUT2D eigenvalue weighted by molar-refractivity contribution is 7.13. The molecular formula is C17H16N2O3S. The van der Waals surface area contributed by atoms with Crippen molar-refractivity contribution in [3.8, 4) is 16.5 Å². The summed E-state index contributed by atoms with van der Waals surface area (Å²) in [6.45, 7) is 2.26. The maximum Gasteiger partial charge on any atom is 0.258 e. The Balaban J connectivity index is 1.47. The Labute approximate surface area is 137 Å². The Bertz CT molecular complexity index is 781. The molecule has 1 aromatic carbocycles. The lowest BCUT2D eigenvalue weighted by molar-refractivity contribution is -0.123. The summed E-state index contributed by atoms with van der Waals surface area (Å²) in [7, 11) is 0. The van der Waals surface area contributed by atoms with Crippen molar-refractivity contribution in [2.45, 2.75) is 13.5 Å². The van der Waals surface area contributed by atoms with E-state index in [2.05, 4.69) is 10.3 Å². The van der Waals surface area contributed by atoms with Gasteiger partial charge in [0.2, 0.25) is 5.89 Å². The molecule has 1 amide bonds. The zero-order valence-corrected chi connectivity index (χ0v) is 13.4. The molecule has 0 aliphatic carbocycles. The first-order chi connectivity index (χ1) is 11.2. The molecule has 2 aromatic heterocycles. The maximum absolute atomic E-state index is 11.8. The van der Waals surface area contributed by atoms with Gasteiger partial charge in [-0.05, 0) is 36.1 Å². The molecule has 0 aliphatic heterocycles. The normalized spacial score (nSPS) is 10.5. The summed E-state index contributed by atoms with van der Waals surface area (Å²) in [5, 5.41) is 4.72. The number of nitrogens with one attached hydrogen (secondary N) is 1. The molecule has 0 aliphatic rings. The number of ether oxygens (including phenoxy) is 1. The van der Waals surface area contributed by atoms with Crippen LogP contribution in [0.1, 0.15) is 11.3 Å². The lowest BCUT2D eigenvalue weighted by Crippen LogP contribution is -2.28. The highest BCUT2D eigenvalue weighted by Crippen LogP contribution is 2.23. The van der Waals surface area contributed by atoms with Gasteiger partial charge in [-0.1, -0.05) is 18.2 Å². The van der Waals surface area contributed by atoms with Gasteiger partial charge in [0.15, 0.2) is 6.61 Å². The van der Waals surface area contributed by atoms with Crippen LogP contribution in [0.2, 0.25) is 0 Å². The van der Waals surface area contributed by atoms with Gasteiger partial charge in [-0.15, -0.1) is 11.3 Å². The summed E-state index contributed by atoms with van der Waals surface area (Å²) >= 11 is 1.56. The first-order valence-corrected chi connectivity index (χ1v) is 8.03. The van der Waals surface area contributed by atoms with Crippen molar-refractivity contribution in [1.29, 1.82) is 0 Å². The molecule has 23 heavy (non-hydrogen) atoms. The van der Waals surface area contributed by atoms with Crippen LogP contribution >= 0.6 is 11.3 Å². The minimum absolute atomic E-state index is 0.0287. The van der Waals surface area contributed by atoms with Crippen molar-refractivity contribution in [3.05, 3.63) is 59.3 Å². The van der Waals surface area contributed by atoms with E-state index in [9.17, 15) is 4.79 Å². The van der Waals surface area contributed by atoms with Crippen LogP contribution < -0.4 is 10.1 Å². The molecular weight excluding hydrogens is 312 g/mol. The lowest BCUT2D eigenvalue weighted by Gasteiger charge is -2.06. The smallest absolute Gasteiger partial charge is 0.258 e. The SMILES string of the molecule is Cc1cccc(OCC(=O)NCc2coc(-c3cccs3)n2)c1. The third-order valence-electron chi connectivity index (χ3n) is 3.11. The maximum atomic E-state index is 11.8. The van der Waals surface area contributed by atoms with Gasteiger partial charge >= 0.3 is 0 Å². The summed E-state index contributed by atoms with van der Waals surface area (Å²) in [4.78, 5) is 17.1. The van der Waals surface area contributed by atoms with Gasteiger partial charge < -0.3 is 14.5 Å². The van der Waals surface area contributed by atoms with Gasteiger partial charge in [-0.25, -0.2) is 4.98 Å². The van der Waals surface area contributed by atoms with Crippen LogP contribution in [0.15, 0.2) is 52.5 Å². The molecule has 0 saturated carbocycles. The largest absolute Gasteiger partial charge is 0.484 e. The summed E-state index contributed by atoms with van der Waals surface area (Å²) < 4.78 is 10.8. The third kappa shape index (κ3) is 4.20. The van der Waals surface area contributed by atoms with Gasteiger partial charge in [0.25, 0.3) is 5.91 Å². The third-order valence-corrected chi connectivity index (χ3v) is 3.97. The number of amides is 1. The van der Waals surface area contributed by atoms with Gasteiger partial charge in [0, 0.05) is 0 Å². The van der Waals surface area contributed by atoms with E-state index in [1.807, 2.05) is 48.7 Å². The molecule has 0 fully saturated rings. The molecule has 6 heteroatoms. The van der Waals surface area contributed by atoms with Crippen LogP contribution in [0.4, 0.5) is 0 Å². The van der Waals surface area contributed by atoms with E-state index in [1.54, 1.807) is 17.6 Å². The van der Waals surface area contributed by atoms with E-state index in [0.717, 1.165) is 10.4 Å². The summed E-state index contributed by atoms with van der Waals surface area (Å²) in [5.74, 6) is 1.05. The van der Waals surface area contributed by atoms with E-state index in [0.29, 0.717) is 23.9 Å². The van der Waals surface area contributed by atoms with Crippen molar-refractivity contribution in [1.82, 2.24) is 10.3 Å². The van der Waals surface area contributed by atoms with E-state index in [1.165, 1.54) is 0 Å². The van der Waals surface area contributed by atoms with E-state index in [-0.39, 0.29) is 12.5 Å². The molecule has 0 bridgehead atoms. The molecule has 0 spiro atoms. The zero-order valence-electron chi connectivity index (χ0n) is 12.6. The first kappa shape index (κ1) is 15.3. The fourth-order valence-electron chi connectivity index (χ4n) is 2.00. The average molecular weight is 328 g/mol. The number of oxazole rings is 1. The van der Waals surface area contributed by atoms with Crippen molar-refractivity contribution in [3.63, 3.8) is 0 Å². The second-order valence-corrected chi connectivity index (χ2v) is 5.95. The van der Waals surface area contributed by atoms with Gasteiger partial charge in [-0.2, -0.15) is 0 Å². The number of carbonyl (C=O) groups is 1. The summed E-state index contributed by atoms with van der Waals surface area (Å²) in [6.07, 6.45) is 1.55. The topological polar surface area (TPSA) is 64.4 Å². The Hall–Kier alpha value is -2.60. The predicted molar refractivity (Wildman–Crippen MR) is 88.3 cm³/mol. The highest BCUT2D eigenvalue weighted by Gasteiger charge is 2.09. The van der Waals surface area contributed by atoms with Gasteiger partial charge in [-0.3, -0.25) is 4.79 Å². The molecule has 1 N–H and O–H groups in total. The average Bonchev–Trinajstić information content (AvgIpc) is 3.22. The monoisotopic (exact) mass is 328 g/mol. The Kier molecular flexibility index (Phi) is 4.73. The van der Waals surface area contributed by atoms with Crippen LogP contribution in [0, 0.1) is 6.92 Å². The highest BCUT2D eigenvalue weighted by atomic mass is 32.1. The second-order valence-electron chi connectivity index (χ2n) is 5.00. The zero-order chi connectivity index (χ0) is 16.1. The van der Waals surface area contributed by atoms with E-state index >= 15 is 0 Å². The predicted octanol–water partition coefficient (Wildman–Crippen LogP) is 3.41. The van der Waals surface area contributed by atoms with Crippen LogP contribution in [-0.4, -0.2) is 17.5 Å². The number of nitrogens with zero attached hydrogens (tertiary/aromatic N) is 1.